The van der Waals surface area contributed by atoms with Crippen molar-refractivity contribution >= 4 is 0 Å². The summed E-state index contributed by atoms with van der Waals surface area (Å²) < 4.78 is 10.4. The van der Waals surface area contributed by atoms with Crippen molar-refractivity contribution in [2.45, 2.75) is 19.0 Å². The number of methoxy groups -OCH3 is 2. The second-order valence-corrected chi connectivity index (χ2v) is 3.48. The van der Waals surface area contributed by atoms with Gasteiger partial charge in [-0.15, -0.1) is 0 Å². The van der Waals surface area contributed by atoms with Crippen molar-refractivity contribution in [3.63, 3.8) is 0 Å². The predicted octanol–water partition coefficient (Wildman–Crippen LogP) is 2.11. The summed E-state index contributed by atoms with van der Waals surface area (Å²) in [7, 11) is 3.15. The van der Waals surface area contributed by atoms with Crippen LogP contribution in [0.15, 0.2) is 24.3 Å². The SMILES string of the molecule is COC1OOC(C)(OC)c2ccccc21. The van der Waals surface area contributed by atoms with Gasteiger partial charge < -0.3 is 9.47 Å². The van der Waals surface area contributed by atoms with Crippen LogP contribution in [-0.4, -0.2) is 14.2 Å². The van der Waals surface area contributed by atoms with Gasteiger partial charge in [0.15, 0.2) is 0 Å². The van der Waals surface area contributed by atoms with Gasteiger partial charge in [-0.2, -0.15) is 9.78 Å². The molecule has 0 N–H and O–H groups in total. The lowest BCUT2D eigenvalue weighted by molar-refractivity contribution is -0.485. The zero-order valence-electron chi connectivity index (χ0n) is 9.02. The minimum absolute atomic E-state index is 0.496. The van der Waals surface area contributed by atoms with Gasteiger partial charge in [0.25, 0.3) is 0 Å². The number of benzene rings is 1. The molecule has 1 aliphatic heterocycles. The van der Waals surface area contributed by atoms with Gasteiger partial charge in [0.2, 0.25) is 12.1 Å². The van der Waals surface area contributed by atoms with Crippen LogP contribution in [0.5, 0.6) is 0 Å². The highest BCUT2D eigenvalue weighted by Crippen LogP contribution is 2.39. The predicted molar refractivity (Wildman–Crippen MR) is 52.7 cm³/mol. The molecular formula is C11H14O4. The Hall–Kier alpha value is -0.940. The van der Waals surface area contributed by atoms with Crippen LogP contribution in [0, 0.1) is 0 Å². The molecule has 2 unspecified atom stereocenters. The van der Waals surface area contributed by atoms with Crippen LogP contribution in [-0.2, 0) is 25.0 Å². The molecule has 0 fully saturated rings. The summed E-state index contributed by atoms with van der Waals surface area (Å²) in [5.41, 5.74) is 1.85. The molecular weight excluding hydrogens is 196 g/mol. The second-order valence-electron chi connectivity index (χ2n) is 3.48. The number of fused-ring (bicyclic) bond motifs is 1. The number of ether oxygens (including phenoxy) is 2. The summed E-state index contributed by atoms with van der Waals surface area (Å²) in [6, 6.07) is 7.73. The molecule has 0 spiro atoms. The Kier molecular flexibility index (Phi) is 2.75. The summed E-state index contributed by atoms with van der Waals surface area (Å²) in [6.07, 6.45) is -0.496. The second kappa shape index (κ2) is 3.90. The minimum atomic E-state index is -0.869. The first-order valence-corrected chi connectivity index (χ1v) is 4.73. The average molecular weight is 210 g/mol. The molecule has 0 aromatic heterocycles. The van der Waals surface area contributed by atoms with Crippen LogP contribution in [0.1, 0.15) is 24.3 Å². The molecule has 4 heteroatoms. The maximum Gasteiger partial charge on any atom is 0.225 e. The van der Waals surface area contributed by atoms with Gasteiger partial charge in [0, 0.05) is 25.3 Å². The van der Waals surface area contributed by atoms with Gasteiger partial charge in [-0.3, -0.25) is 0 Å². The molecule has 2 atom stereocenters. The summed E-state index contributed by atoms with van der Waals surface area (Å²) in [6.45, 7) is 1.80. The highest BCUT2D eigenvalue weighted by Gasteiger charge is 2.39. The molecule has 0 saturated carbocycles. The maximum absolute atomic E-state index is 5.30. The monoisotopic (exact) mass is 210 g/mol. The van der Waals surface area contributed by atoms with Gasteiger partial charge in [-0.1, -0.05) is 24.3 Å². The molecule has 0 radical (unpaired) electrons. The fourth-order valence-corrected chi connectivity index (χ4v) is 1.66. The van der Waals surface area contributed by atoms with Crippen LogP contribution in [0.4, 0.5) is 0 Å². The molecule has 1 aromatic rings. The number of rotatable bonds is 2. The molecule has 0 saturated heterocycles. The molecule has 1 aromatic carbocycles. The standard InChI is InChI=1S/C11H14O4/c1-11(13-3)9-7-5-4-6-8(9)10(12-2)14-15-11/h4-7,10H,1-3H3. The molecule has 82 valence electrons. The normalized spacial score (nSPS) is 29.9. The van der Waals surface area contributed by atoms with Gasteiger partial charge in [-0.05, 0) is 6.92 Å². The molecule has 2 rings (SSSR count). The lowest BCUT2D eigenvalue weighted by atomic mass is 9.99. The van der Waals surface area contributed by atoms with Crippen molar-refractivity contribution in [3.05, 3.63) is 35.4 Å². The highest BCUT2D eigenvalue weighted by atomic mass is 17.3. The third-order valence-electron chi connectivity index (χ3n) is 2.60. The summed E-state index contributed by atoms with van der Waals surface area (Å²) in [5, 5.41) is 0. The first-order chi connectivity index (χ1) is 7.21. The lowest BCUT2D eigenvalue weighted by Crippen LogP contribution is -2.35. The van der Waals surface area contributed by atoms with E-state index < -0.39 is 12.1 Å². The number of hydrogen-bond donors (Lipinski definition) is 0. The zero-order valence-corrected chi connectivity index (χ0v) is 9.02. The number of hydrogen-bond acceptors (Lipinski definition) is 4. The van der Waals surface area contributed by atoms with Gasteiger partial charge >= 0.3 is 0 Å². The van der Waals surface area contributed by atoms with E-state index in [9.17, 15) is 0 Å². The summed E-state index contributed by atoms with van der Waals surface area (Å²) in [5.74, 6) is -0.869. The topological polar surface area (TPSA) is 36.9 Å². The lowest BCUT2D eigenvalue weighted by Gasteiger charge is -2.35. The van der Waals surface area contributed by atoms with Gasteiger partial charge in [0.1, 0.15) is 0 Å². The van der Waals surface area contributed by atoms with Gasteiger partial charge in [-0.25, -0.2) is 0 Å². The third-order valence-corrected chi connectivity index (χ3v) is 2.60. The Morgan fingerprint density at radius 3 is 2.67 bits per heavy atom. The largest absolute Gasteiger partial charge is 0.349 e. The molecule has 1 aliphatic rings. The molecule has 4 nitrogen and oxygen atoms in total. The van der Waals surface area contributed by atoms with Crippen LogP contribution >= 0.6 is 0 Å². The Balaban J connectivity index is 2.48. The van der Waals surface area contributed by atoms with Crippen LogP contribution in [0.3, 0.4) is 0 Å². The van der Waals surface area contributed by atoms with E-state index in [1.54, 1.807) is 21.1 Å². The van der Waals surface area contributed by atoms with Crippen molar-refractivity contribution in [1.82, 2.24) is 0 Å². The smallest absolute Gasteiger partial charge is 0.225 e. The van der Waals surface area contributed by atoms with E-state index >= 15 is 0 Å². The van der Waals surface area contributed by atoms with Gasteiger partial charge in [0.05, 0.1) is 0 Å². The van der Waals surface area contributed by atoms with E-state index in [1.807, 2.05) is 24.3 Å². The summed E-state index contributed by atoms with van der Waals surface area (Å²) >= 11 is 0. The highest BCUT2D eigenvalue weighted by molar-refractivity contribution is 5.32. The van der Waals surface area contributed by atoms with E-state index in [-0.39, 0.29) is 0 Å². The first-order valence-electron chi connectivity index (χ1n) is 4.73. The van der Waals surface area contributed by atoms with Crippen LogP contribution < -0.4 is 0 Å². The molecule has 1 heterocycles. The molecule has 0 bridgehead atoms. The van der Waals surface area contributed by atoms with E-state index in [0.717, 1.165) is 11.1 Å². The van der Waals surface area contributed by atoms with E-state index in [1.165, 1.54) is 0 Å². The van der Waals surface area contributed by atoms with E-state index in [0.29, 0.717) is 0 Å². The van der Waals surface area contributed by atoms with E-state index in [4.69, 9.17) is 19.2 Å². The molecule has 0 amide bonds. The molecule has 0 aliphatic carbocycles. The Labute approximate surface area is 88.6 Å². The molecule has 15 heavy (non-hydrogen) atoms. The summed E-state index contributed by atoms with van der Waals surface area (Å²) in [4.78, 5) is 10.3. The van der Waals surface area contributed by atoms with Crippen molar-refractivity contribution in [3.8, 4) is 0 Å². The fourth-order valence-electron chi connectivity index (χ4n) is 1.66. The average Bonchev–Trinajstić information content (AvgIpc) is 2.30. The fraction of sp³-hybridized carbons (Fsp3) is 0.455. The first kappa shape index (κ1) is 10.6. The van der Waals surface area contributed by atoms with Crippen molar-refractivity contribution in [1.29, 1.82) is 0 Å². The van der Waals surface area contributed by atoms with Crippen molar-refractivity contribution < 1.29 is 19.2 Å². The zero-order chi connectivity index (χ0) is 10.9. The Bertz CT molecular complexity index is 352. The Morgan fingerprint density at radius 2 is 2.00 bits per heavy atom. The van der Waals surface area contributed by atoms with Crippen LogP contribution in [0.25, 0.3) is 0 Å². The minimum Gasteiger partial charge on any atom is -0.349 e. The third kappa shape index (κ3) is 1.66. The quantitative estimate of drug-likeness (QED) is 0.700. The maximum atomic E-state index is 5.30. The van der Waals surface area contributed by atoms with E-state index in [2.05, 4.69) is 0 Å². The Morgan fingerprint density at radius 1 is 1.27 bits per heavy atom. The van der Waals surface area contributed by atoms with Crippen molar-refractivity contribution in [2.75, 3.05) is 14.2 Å². The van der Waals surface area contributed by atoms with Crippen LogP contribution in [0.2, 0.25) is 0 Å². The van der Waals surface area contributed by atoms with Crippen molar-refractivity contribution in [2.24, 2.45) is 0 Å².